The van der Waals surface area contributed by atoms with E-state index in [1.165, 1.54) is 24.3 Å². The molecule has 2 nitrogen and oxygen atoms in total. The molecule has 1 atom stereocenters. The van der Waals surface area contributed by atoms with Crippen LogP contribution < -0.4 is 4.74 Å². The second-order valence-electron chi connectivity index (χ2n) is 4.66. The van der Waals surface area contributed by atoms with Crippen molar-refractivity contribution < 1.29 is 9.84 Å². The molecule has 18 heavy (non-hydrogen) atoms. The molecule has 1 aromatic rings. The van der Waals surface area contributed by atoms with Crippen molar-refractivity contribution >= 4 is 23.4 Å². The Morgan fingerprint density at radius 3 is 2.56 bits per heavy atom. The summed E-state index contributed by atoms with van der Waals surface area (Å²) in [6.07, 6.45) is 2.39. The Morgan fingerprint density at radius 1 is 1.28 bits per heavy atom. The first-order valence-electron chi connectivity index (χ1n) is 6.36. The van der Waals surface area contributed by atoms with Gasteiger partial charge in [-0.1, -0.05) is 11.6 Å². The molecule has 2 rings (SSSR count). The van der Waals surface area contributed by atoms with Crippen LogP contribution in [0.3, 0.4) is 0 Å². The standard InChI is InChI=1S/C14H19ClO2S/c15-13-1-3-14(4-2-13)17-10-12(9-16)11-5-7-18-8-6-11/h1-4,11-12,16H,5-10H2. The molecule has 0 bridgehead atoms. The Balaban J connectivity index is 1.84. The molecule has 0 saturated carbocycles. The highest BCUT2D eigenvalue weighted by atomic mass is 35.5. The van der Waals surface area contributed by atoms with Crippen LogP contribution in [0.15, 0.2) is 24.3 Å². The predicted molar refractivity (Wildman–Crippen MR) is 77.6 cm³/mol. The minimum atomic E-state index is 0.211. The van der Waals surface area contributed by atoms with Gasteiger partial charge in [-0.15, -0.1) is 0 Å². The van der Waals surface area contributed by atoms with E-state index in [1.54, 1.807) is 0 Å². The molecule has 0 amide bonds. The van der Waals surface area contributed by atoms with Crippen LogP contribution in [-0.2, 0) is 0 Å². The summed E-state index contributed by atoms with van der Waals surface area (Å²) in [4.78, 5) is 0. The number of hydrogen-bond acceptors (Lipinski definition) is 3. The SMILES string of the molecule is OCC(COc1ccc(Cl)cc1)C1CCSCC1. The molecule has 0 spiro atoms. The third-order valence-electron chi connectivity index (χ3n) is 3.44. The van der Waals surface area contributed by atoms with Gasteiger partial charge in [-0.3, -0.25) is 0 Å². The second kappa shape index (κ2) is 7.27. The molecule has 1 N–H and O–H groups in total. The first kappa shape index (κ1) is 14.0. The van der Waals surface area contributed by atoms with Crippen LogP contribution in [-0.4, -0.2) is 29.8 Å². The molecular formula is C14H19ClO2S. The molecule has 1 fully saturated rings. The highest BCUT2D eigenvalue weighted by molar-refractivity contribution is 7.99. The van der Waals surface area contributed by atoms with Gasteiger partial charge in [-0.2, -0.15) is 11.8 Å². The average molecular weight is 287 g/mol. The molecule has 4 heteroatoms. The lowest BCUT2D eigenvalue weighted by Gasteiger charge is -2.28. The Kier molecular flexibility index (Phi) is 5.67. The van der Waals surface area contributed by atoms with E-state index in [2.05, 4.69) is 0 Å². The lowest BCUT2D eigenvalue weighted by atomic mass is 9.88. The van der Waals surface area contributed by atoms with E-state index in [4.69, 9.17) is 16.3 Å². The van der Waals surface area contributed by atoms with Gasteiger partial charge in [0.1, 0.15) is 5.75 Å². The number of ether oxygens (including phenoxy) is 1. The van der Waals surface area contributed by atoms with E-state index in [1.807, 2.05) is 36.0 Å². The van der Waals surface area contributed by atoms with Crippen molar-refractivity contribution in [2.75, 3.05) is 24.7 Å². The van der Waals surface area contributed by atoms with E-state index < -0.39 is 0 Å². The summed E-state index contributed by atoms with van der Waals surface area (Å²) in [5, 5.41) is 10.2. The van der Waals surface area contributed by atoms with Crippen molar-refractivity contribution in [1.82, 2.24) is 0 Å². The Morgan fingerprint density at radius 2 is 1.94 bits per heavy atom. The number of halogens is 1. The van der Waals surface area contributed by atoms with Gasteiger partial charge in [0.05, 0.1) is 6.61 Å². The fourth-order valence-electron chi connectivity index (χ4n) is 2.26. The topological polar surface area (TPSA) is 29.5 Å². The smallest absolute Gasteiger partial charge is 0.119 e. The van der Waals surface area contributed by atoms with Crippen molar-refractivity contribution in [1.29, 1.82) is 0 Å². The zero-order valence-electron chi connectivity index (χ0n) is 10.3. The lowest BCUT2D eigenvalue weighted by molar-refractivity contribution is 0.113. The zero-order chi connectivity index (χ0) is 12.8. The van der Waals surface area contributed by atoms with E-state index in [0.29, 0.717) is 17.5 Å². The van der Waals surface area contributed by atoms with Gasteiger partial charge in [0, 0.05) is 17.5 Å². The van der Waals surface area contributed by atoms with Crippen LogP contribution in [0.25, 0.3) is 0 Å². The fraction of sp³-hybridized carbons (Fsp3) is 0.571. The number of aliphatic hydroxyl groups is 1. The van der Waals surface area contributed by atoms with E-state index in [-0.39, 0.29) is 12.5 Å². The van der Waals surface area contributed by atoms with Crippen molar-refractivity contribution in [2.45, 2.75) is 12.8 Å². The molecule has 0 aliphatic carbocycles. The number of hydrogen-bond donors (Lipinski definition) is 1. The molecule has 100 valence electrons. The maximum absolute atomic E-state index is 9.49. The van der Waals surface area contributed by atoms with Crippen LogP contribution in [0, 0.1) is 11.8 Å². The zero-order valence-corrected chi connectivity index (χ0v) is 11.9. The van der Waals surface area contributed by atoms with Gasteiger partial charge in [0.15, 0.2) is 0 Å². The normalized spacial score (nSPS) is 18.6. The molecule has 1 aliphatic heterocycles. The Bertz CT molecular complexity index is 349. The summed E-state index contributed by atoms with van der Waals surface area (Å²) in [7, 11) is 0. The Labute approximate surface area is 118 Å². The molecular weight excluding hydrogens is 268 g/mol. The first-order valence-corrected chi connectivity index (χ1v) is 7.90. The van der Waals surface area contributed by atoms with E-state index in [0.717, 1.165) is 5.75 Å². The molecule has 0 radical (unpaired) electrons. The van der Waals surface area contributed by atoms with Gasteiger partial charge < -0.3 is 9.84 Å². The predicted octanol–water partition coefficient (Wildman–Crippen LogP) is 3.47. The molecule has 1 aromatic carbocycles. The van der Waals surface area contributed by atoms with Gasteiger partial charge in [-0.05, 0) is 54.5 Å². The Hall–Kier alpha value is -0.380. The highest BCUT2D eigenvalue weighted by Crippen LogP contribution is 2.29. The quantitative estimate of drug-likeness (QED) is 0.899. The van der Waals surface area contributed by atoms with Crippen molar-refractivity contribution in [2.24, 2.45) is 11.8 Å². The summed E-state index contributed by atoms with van der Waals surface area (Å²) < 4.78 is 5.74. The summed E-state index contributed by atoms with van der Waals surface area (Å²) in [5.74, 6) is 4.10. The van der Waals surface area contributed by atoms with Crippen LogP contribution in [0.4, 0.5) is 0 Å². The molecule has 1 unspecified atom stereocenters. The third kappa shape index (κ3) is 4.08. The third-order valence-corrected chi connectivity index (χ3v) is 4.75. The van der Waals surface area contributed by atoms with Crippen LogP contribution in [0.5, 0.6) is 5.75 Å². The average Bonchev–Trinajstić information content (AvgIpc) is 2.43. The maximum atomic E-state index is 9.49. The largest absolute Gasteiger partial charge is 0.493 e. The summed E-state index contributed by atoms with van der Waals surface area (Å²) in [6.45, 7) is 0.802. The van der Waals surface area contributed by atoms with Crippen LogP contribution >= 0.6 is 23.4 Å². The second-order valence-corrected chi connectivity index (χ2v) is 6.32. The summed E-state index contributed by atoms with van der Waals surface area (Å²) >= 11 is 7.83. The monoisotopic (exact) mass is 286 g/mol. The van der Waals surface area contributed by atoms with Crippen molar-refractivity contribution in [3.63, 3.8) is 0 Å². The number of rotatable bonds is 5. The van der Waals surface area contributed by atoms with E-state index >= 15 is 0 Å². The minimum absolute atomic E-state index is 0.211. The molecule has 1 heterocycles. The van der Waals surface area contributed by atoms with Gasteiger partial charge in [0.25, 0.3) is 0 Å². The van der Waals surface area contributed by atoms with Gasteiger partial charge in [0.2, 0.25) is 0 Å². The van der Waals surface area contributed by atoms with Crippen molar-refractivity contribution in [3.05, 3.63) is 29.3 Å². The minimum Gasteiger partial charge on any atom is -0.493 e. The summed E-state index contributed by atoms with van der Waals surface area (Å²) in [5.41, 5.74) is 0. The van der Waals surface area contributed by atoms with Gasteiger partial charge in [-0.25, -0.2) is 0 Å². The fourth-order valence-corrected chi connectivity index (χ4v) is 3.53. The van der Waals surface area contributed by atoms with E-state index in [9.17, 15) is 5.11 Å². The highest BCUT2D eigenvalue weighted by Gasteiger charge is 2.23. The molecule has 1 aliphatic rings. The first-order chi connectivity index (χ1) is 8.79. The lowest BCUT2D eigenvalue weighted by Crippen LogP contribution is -2.28. The number of aliphatic hydroxyl groups excluding tert-OH is 1. The molecule has 1 saturated heterocycles. The number of benzene rings is 1. The van der Waals surface area contributed by atoms with Crippen molar-refractivity contribution in [3.8, 4) is 5.75 Å². The summed E-state index contributed by atoms with van der Waals surface area (Å²) in [6, 6.07) is 7.38. The van der Waals surface area contributed by atoms with Gasteiger partial charge >= 0.3 is 0 Å². The maximum Gasteiger partial charge on any atom is 0.119 e. The van der Waals surface area contributed by atoms with Crippen LogP contribution in [0.1, 0.15) is 12.8 Å². The molecule has 0 aromatic heterocycles. The number of thioether (sulfide) groups is 1. The van der Waals surface area contributed by atoms with Crippen LogP contribution in [0.2, 0.25) is 5.02 Å².